The molecule has 34 heavy (non-hydrogen) atoms. The number of carbonyl (C=O) groups is 2. The van der Waals surface area contributed by atoms with Crippen LogP contribution in [0.3, 0.4) is 0 Å². The Morgan fingerprint density at radius 3 is 2.50 bits per heavy atom. The number of amides is 2. The summed E-state index contributed by atoms with van der Waals surface area (Å²) in [5, 5.41) is 6.15. The molecule has 2 amide bonds. The van der Waals surface area contributed by atoms with Crippen LogP contribution in [0.15, 0.2) is 30.3 Å². The van der Waals surface area contributed by atoms with Crippen molar-refractivity contribution in [1.82, 2.24) is 20.4 Å². The SMILES string of the molecule is CNC(C)C(=O)NC(C(=O)N1CCCC1CN(C)CCCCc1ccccc1)C1CCCCC1. The highest BCUT2D eigenvalue weighted by atomic mass is 16.2. The summed E-state index contributed by atoms with van der Waals surface area (Å²) >= 11 is 0. The monoisotopic (exact) mass is 470 g/mol. The molecule has 0 bridgehead atoms. The van der Waals surface area contributed by atoms with Gasteiger partial charge in [-0.15, -0.1) is 0 Å². The van der Waals surface area contributed by atoms with Crippen molar-refractivity contribution >= 4 is 11.8 Å². The molecule has 3 atom stereocenters. The highest BCUT2D eigenvalue weighted by Gasteiger charge is 2.38. The summed E-state index contributed by atoms with van der Waals surface area (Å²) in [5.74, 6) is 0.326. The van der Waals surface area contributed by atoms with Crippen LogP contribution in [-0.4, -0.2) is 73.5 Å². The third-order valence-electron chi connectivity index (χ3n) is 7.79. The summed E-state index contributed by atoms with van der Waals surface area (Å²) < 4.78 is 0. The molecule has 1 aromatic rings. The molecule has 3 rings (SSSR count). The Morgan fingerprint density at radius 1 is 1.06 bits per heavy atom. The maximum atomic E-state index is 13.8. The van der Waals surface area contributed by atoms with E-state index >= 15 is 0 Å². The molecule has 0 spiro atoms. The average molecular weight is 471 g/mol. The number of hydrogen-bond acceptors (Lipinski definition) is 4. The van der Waals surface area contributed by atoms with Gasteiger partial charge in [0.25, 0.3) is 0 Å². The fourth-order valence-corrected chi connectivity index (χ4v) is 5.56. The number of aryl methyl sites for hydroxylation is 1. The van der Waals surface area contributed by atoms with E-state index in [1.807, 2.05) is 6.92 Å². The van der Waals surface area contributed by atoms with Gasteiger partial charge in [0.05, 0.1) is 6.04 Å². The van der Waals surface area contributed by atoms with Gasteiger partial charge in [-0.1, -0.05) is 49.6 Å². The topological polar surface area (TPSA) is 64.7 Å². The van der Waals surface area contributed by atoms with Crippen LogP contribution in [0.25, 0.3) is 0 Å². The van der Waals surface area contributed by atoms with Gasteiger partial charge in [-0.2, -0.15) is 0 Å². The van der Waals surface area contributed by atoms with E-state index in [1.165, 1.54) is 18.4 Å². The van der Waals surface area contributed by atoms with Gasteiger partial charge < -0.3 is 20.4 Å². The van der Waals surface area contributed by atoms with E-state index in [2.05, 4.69) is 57.8 Å². The summed E-state index contributed by atoms with van der Waals surface area (Å²) in [6, 6.07) is 10.2. The lowest BCUT2D eigenvalue weighted by atomic mass is 9.83. The molecule has 0 aromatic heterocycles. The van der Waals surface area contributed by atoms with E-state index in [0.29, 0.717) is 0 Å². The number of hydrogen-bond donors (Lipinski definition) is 2. The zero-order valence-electron chi connectivity index (χ0n) is 21.6. The lowest BCUT2D eigenvalue weighted by Crippen LogP contribution is -2.57. The van der Waals surface area contributed by atoms with Crippen molar-refractivity contribution < 1.29 is 9.59 Å². The standard InChI is InChI=1S/C28H46N4O2/c1-22(29-2)27(33)30-26(24-16-8-5-9-17-24)28(34)32-20-12-18-25(32)21-31(3)19-11-10-15-23-13-6-4-7-14-23/h4,6-7,13-14,22,24-26,29H,5,8-12,15-21H2,1-3H3,(H,30,33). The second-order valence-corrected chi connectivity index (χ2v) is 10.4. The maximum Gasteiger partial charge on any atom is 0.245 e. The van der Waals surface area contributed by atoms with Gasteiger partial charge in [-0.05, 0) is 84.0 Å². The lowest BCUT2D eigenvalue weighted by molar-refractivity contribution is -0.139. The first-order chi connectivity index (χ1) is 16.5. The predicted molar refractivity (Wildman–Crippen MR) is 139 cm³/mol. The molecule has 6 nitrogen and oxygen atoms in total. The highest BCUT2D eigenvalue weighted by Crippen LogP contribution is 2.29. The van der Waals surface area contributed by atoms with Gasteiger partial charge in [0, 0.05) is 19.1 Å². The van der Waals surface area contributed by atoms with Crippen LogP contribution in [0.4, 0.5) is 0 Å². The fourth-order valence-electron chi connectivity index (χ4n) is 5.56. The van der Waals surface area contributed by atoms with Crippen molar-refractivity contribution in [2.75, 3.05) is 33.7 Å². The quantitative estimate of drug-likeness (QED) is 0.458. The molecule has 190 valence electrons. The summed E-state index contributed by atoms with van der Waals surface area (Å²) in [6.07, 6.45) is 11.2. The Morgan fingerprint density at radius 2 is 1.79 bits per heavy atom. The number of carbonyl (C=O) groups excluding carboxylic acids is 2. The molecule has 6 heteroatoms. The largest absolute Gasteiger partial charge is 0.343 e. The van der Waals surface area contributed by atoms with Crippen molar-refractivity contribution in [1.29, 1.82) is 0 Å². The number of rotatable bonds is 12. The fraction of sp³-hybridized carbons (Fsp3) is 0.714. The molecule has 2 N–H and O–H groups in total. The first-order valence-corrected chi connectivity index (χ1v) is 13.5. The number of nitrogens with one attached hydrogen (secondary N) is 2. The first kappa shape index (κ1) is 26.7. The Labute approximate surface area is 206 Å². The number of unbranched alkanes of at least 4 members (excludes halogenated alkanes) is 1. The number of nitrogens with zero attached hydrogens (tertiary/aromatic N) is 2. The van der Waals surface area contributed by atoms with E-state index in [4.69, 9.17) is 0 Å². The zero-order valence-corrected chi connectivity index (χ0v) is 21.6. The van der Waals surface area contributed by atoms with Crippen LogP contribution in [0.2, 0.25) is 0 Å². The summed E-state index contributed by atoms with van der Waals surface area (Å²) in [5.41, 5.74) is 1.40. The Bertz CT molecular complexity index is 750. The minimum atomic E-state index is -0.389. The highest BCUT2D eigenvalue weighted by molar-refractivity contribution is 5.90. The minimum Gasteiger partial charge on any atom is -0.343 e. The van der Waals surface area contributed by atoms with Crippen molar-refractivity contribution in [3.05, 3.63) is 35.9 Å². The van der Waals surface area contributed by atoms with Gasteiger partial charge in [-0.3, -0.25) is 9.59 Å². The van der Waals surface area contributed by atoms with Crippen LogP contribution < -0.4 is 10.6 Å². The van der Waals surface area contributed by atoms with Crippen molar-refractivity contribution in [3.63, 3.8) is 0 Å². The second kappa shape index (κ2) is 13.8. The van der Waals surface area contributed by atoms with E-state index in [1.54, 1.807) is 7.05 Å². The van der Waals surface area contributed by atoms with Crippen molar-refractivity contribution in [2.45, 2.75) is 89.3 Å². The molecule has 2 aliphatic rings. The molecule has 0 radical (unpaired) electrons. The second-order valence-electron chi connectivity index (χ2n) is 10.4. The first-order valence-electron chi connectivity index (χ1n) is 13.5. The Balaban J connectivity index is 1.53. The van der Waals surface area contributed by atoms with Gasteiger partial charge in [-0.25, -0.2) is 0 Å². The van der Waals surface area contributed by atoms with Crippen LogP contribution in [-0.2, 0) is 16.0 Å². The number of likely N-dealkylation sites (tertiary alicyclic amines) is 1. The minimum absolute atomic E-state index is 0.0716. The number of benzene rings is 1. The zero-order chi connectivity index (χ0) is 24.3. The van der Waals surface area contributed by atoms with Crippen molar-refractivity contribution in [2.24, 2.45) is 5.92 Å². The van der Waals surface area contributed by atoms with E-state index in [0.717, 1.165) is 71.0 Å². The average Bonchev–Trinajstić information content (AvgIpc) is 3.33. The lowest BCUT2D eigenvalue weighted by Gasteiger charge is -2.36. The molecule has 1 saturated carbocycles. The number of likely N-dealkylation sites (N-methyl/N-ethyl adjacent to an activating group) is 2. The molecule has 3 unspecified atom stereocenters. The molecule has 1 aromatic carbocycles. The Kier molecular flexibility index (Phi) is 10.9. The summed E-state index contributed by atoms with van der Waals surface area (Å²) in [6.45, 7) is 4.62. The smallest absolute Gasteiger partial charge is 0.245 e. The molecule has 2 fully saturated rings. The maximum absolute atomic E-state index is 13.8. The van der Waals surface area contributed by atoms with E-state index in [-0.39, 0.29) is 35.9 Å². The van der Waals surface area contributed by atoms with Crippen molar-refractivity contribution in [3.8, 4) is 0 Å². The molecule has 1 heterocycles. The van der Waals surface area contributed by atoms with Gasteiger partial charge in [0.15, 0.2) is 0 Å². The molecule has 1 aliphatic carbocycles. The van der Waals surface area contributed by atoms with E-state index in [9.17, 15) is 9.59 Å². The van der Waals surface area contributed by atoms with Gasteiger partial charge >= 0.3 is 0 Å². The van der Waals surface area contributed by atoms with Crippen LogP contribution in [0, 0.1) is 5.92 Å². The van der Waals surface area contributed by atoms with E-state index < -0.39 is 0 Å². The summed E-state index contributed by atoms with van der Waals surface area (Å²) in [7, 11) is 3.96. The van der Waals surface area contributed by atoms with Gasteiger partial charge in [0.2, 0.25) is 11.8 Å². The third-order valence-corrected chi connectivity index (χ3v) is 7.79. The van der Waals surface area contributed by atoms with Crippen LogP contribution in [0.5, 0.6) is 0 Å². The molecular weight excluding hydrogens is 424 g/mol. The third kappa shape index (κ3) is 7.81. The van der Waals surface area contributed by atoms with Gasteiger partial charge in [0.1, 0.15) is 6.04 Å². The molecule has 1 aliphatic heterocycles. The normalized spacial score (nSPS) is 20.9. The predicted octanol–water partition coefficient (Wildman–Crippen LogP) is 3.61. The van der Waals surface area contributed by atoms with Crippen LogP contribution in [0.1, 0.15) is 70.3 Å². The molecular formula is C28H46N4O2. The summed E-state index contributed by atoms with van der Waals surface area (Å²) in [4.78, 5) is 30.9. The van der Waals surface area contributed by atoms with Crippen LogP contribution >= 0.6 is 0 Å². The Hall–Kier alpha value is -1.92. The molecule has 1 saturated heterocycles.